The van der Waals surface area contributed by atoms with E-state index in [4.69, 9.17) is 9.47 Å². The summed E-state index contributed by atoms with van der Waals surface area (Å²) in [5.41, 5.74) is 2.29. The van der Waals surface area contributed by atoms with Gasteiger partial charge in [0.05, 0.1) is 19.6 Å². The summed E-state index contributed by atoms with van der Waals surface area (Å²) < 4.78 is 10.4. The molecule has 10 nitrogen and oxygen atoms in total. The van der Waals surface area contributed by atoms with E-state index in [0.29, 0.717) is 5.56 Å². The summed E-state index contributed by atoms with van der Waals surface area (Å²) in [7, 11) is 0. The molecule has 0 spiro atoms. The molecule has 224 valence electrons. The number of amides is 3. The summed E-state index contributed by atoms with van der Waals surface area (Å²) in [5.74, 6) is -1.56. The maximum Gasteiger partial charge on any atom is 0.408 e. The maximum atomic E-state index is 14.2. The molecule has 2 aromatic rings. The van der Waals surface area contributed by atoms with Crippen LogP contribution in [-0.2, 0) is 30.3 Å². The molecule has 0 aliphatic heterocycles. The summed E-state index contributed by atoms with van der Waals surface area (Å²) in [6.07, 6.45) is -0.688. The van der Waals surface area contributed by atoms with E-state index in [1.807, 2.05) is 50.2 Å². The Kier molecular flexibility index (Phi) is 12.8. The number of ether oxygens (including phenoxy) is 2. The Labute approximate surface area is 242 Å². The summed E-state index contributed by atoms with van der Waals surface area (Å²) >= 11 is 0. The highest BCUT2D eigenvalue weighted by atomic mass is 16.6. The molecule has 0 fully saturated rings. The van der Waals surface area contributed by atoms with Crippen molar-refractivity contribution in [1.82, 2.24) is 15.5 Å². The molecule has 41 heavy (non-hydrogen) atoms. The van der Waals surface area contributed by atoms with Crippen LogP contribution in [0.5, 0.6) is 0 Å². The lowest BCUT2D eigenvalue weighted by Crippen LogP contribution is -2.54. The second kappa shape index (κ2) is 15.8. The van der Waals surface area contributed by atoms with E-state index in [1.165, 1.54) is 4.90 Å². The van der Waals surface area contributed by atoms with E-state index in [9.17, 15) is 24.3 Å². The Morgan fingerprint density at radius 1 is 1.00 bits per heavy atom. The molecule has 3 N–H and O–H groups in total. The van der Waals surface area contributed by atoms with Crippen LogP contribution in [0.15, 0.2) is 48.5 Å². The van der Waals surface area contributed by atoms with Gasteiger partial charge in [-0.2, -0.15) is 0 Å². The van der Waals surface area contributed by atoms with Crippen molar-refractivity contribution in [3.8, 4) is 0 Å². The number of carbonyl (C=O) groups is 4. The molecule has 2 atom stereocenters. The summed E-state index contributed by atoms with van der Waals surface area (Å²) in [6.45, 7) is 10.2. The van der Waals surface area contributed by atoms with E-state index in [1.54, 1.807) is 39.8 Å². The number of aliphatic hydroxyl groups excluding tert-OH is 1. The van der Waals surface area contributed by atoms with Gasteiger partial charge in [-0.1, -0.05) is 59.7 Å². The van der Waals surface area contributed by atoms with Crippen molar-refractivity contribution >= 4 is 23.9 Å². The van der Waals surface area contributed by atoms with Gasteiger partial charge < -0.3 is 30.1 Å². The largest absolute Gasteiger partial charge is 0.466 e. The van der Waals surface area contributed by atoms with Gasteiger partial charge in [-0.05, 0) is 52.7 Å². The van der Waals surface area contributed by atoms with E-state index >= 15 is 0 Å². The zero-order valence-corrected chi connectivity index (χ0v) is 24.9. The third kappa shape index (κ3) is 11.2. The normalized spacial score (nSPS) is 12.6. The quantitative estimate of drug-likeness (QED) is 0.315. The van der Waals surface area contributed by atoms with Crippen LogP contribution in [0, 0.1) is 13.8 Å². The highest BCUT2D eigenvalue weighted by molar-refractivity contribution is 5.92. The van der Waals surface area contributed by atoms with Gasteiger partial charge in [-0.15, -0.1) is 0 Å². The molecular weight excluding hydrogens is 526 g/mol. The zero-order chi connectivity index (χ0) is 30.6. The minimum absolute atomic E-state index is 0.00369. The van der Waals surface area contributed by atoms with Gasteiger partial charge in [-0.25, -0.2) is 4.79 Å². The molecule has 2 unspecified atom stereocenters. The fraction of sp³-hybridized carbons (Fsp3) is 0.484. The SMILES string of the molecule is CCOC(=O)CCNC(=O)C(c1cc(C)cc(C)c1)N(CCO)C(=O)C(Cc1ccccc1)NC(=O)OC(C)(C)C. The second-order valence-corrected chi connectivity index (χ2v) is 10.8. The van der Waals surface area contributed by atoms with Crippen molar-refractivity contribution < 1.29 is 33.8 Å². The average Bonchev–Trinajstić information content (AvgIpc) is 2.87. The molecule has 2 aromatic carbocycles. The number of benzene rings is 2. The number of nitrogens with one attached hydrogen (secondary N) is 2. The summed E-state index contributed by atoms with van der Waals surface area (Å²) in [5, 5.41) is 15.4. The van der Waals surface area contributed by atoms with E-state index in [-0.39, 0.29) is 32.5 Å². The molecule has 0 aliphatic rings. The standard InChI is InChI=1S/C31H43N3O7/c1-7-40-26(36)13-14-32-28(37)27(24-18-21(2)17-22(3)19-24)34(15-16-35)29(38)25(20-23-11-9-8-10-12-23)33-30(39)41-31(4,5)6/h8-12,17-19,25,27,35H,7,13-16,20H2,1-6H3,(H,32,37)(H,33,39). The minimum atomic E-state index is -1.14. The van der Waals surface area contributed by atoms with Crippen molar-refractivity contribution in [2.75, 3.05) is 26.3 Å². The van der Waals surface area contributed by atoms with Crippen molar-refractivity contribution in [2.45, 2.75) is 72.1 Å². The second-order valence-electron chi connectivity index (χ2n) is 10.8. The Morgan fingerprint density at radius 2 is 1.63 bits per heavy atom. The van der Waals surface area contributed by atoms with Gasteiger partial charge in [-0.3, -0.25) is 14.4 Å². The Hall–Kier alpha value is -3.92. The number of hydrogen-bond acceptors (Lipinski definition) is 7. The van der Waals surface area contributed by atoms with E-state index in [0.717, 1.165) is 16.7 Å². The van der Waals surface area contributed by atoms with Crippen LogP contribution in [-0.4, -0.2) is 71.8 Å². The third-order valence-corrected chi connectivity index (χ3v) is 5.95. The first-order chi connectivity index (χ1) is 19.3. The molecule has 0 radical (unpaired) electrons. The average molecular weight is 570 g/mol. The van der Waals surface area contributed by atoms with Crippen molar-refractivity contribution in [3.05, 3.63) is 70.8 Å². The molecule has 2 rings (SSSR count). The fourth-order valence-electron chi connectivity index (χ4n) is 4.43. The predicted molar refractivity (Wildman–Crippen MR) is 155 cm³/mol. The zero-order valence-electron chi connectivity index (χ0n) is 24.9. The first-order valence-corrected chi connectivity index (χ1v) is 13.8. The monoisotopic (exact) mass is 569 g/mol. The molecular formula is C31H43N3O7. The number of carbonyl (C=O) groups excluding carboxylic acids is 4. The van der Waals surface area contributed by atoms with Gasteiger partial charge in [0, 0.05) is 19.5 Å². The third-order valence-electron chi connectivity index (χ3n) is 5.95. The molecule has 0 heterocycles. The summed E-state index contributed by atoms with van der Waals surface area (Å²) in [6, 6.07) is 12.5. The number of alkyl carbamates (subject to hydrolysis) is 1. The van der Waals surface area contributed by atoms with Gasteiger partial charge in [0.15, 0.2) is 0 Å². The highest BCUT2D eigenvalue weighted by Crippen LogP contribution is 2.25. The van der Waals surface area contributed by atoms with E-state index < -0.39 is 48.2 Å². The van der Waals surface area contributed by atoms with Gasteiger partial charge >= 0.3 is 12.1 Å². The summed E-state index contributed by atoms with van der Waals surface area (Å²) in [4.78, 5) is 53.7. The molecule has 0 aliphatic carbocycles. The first kappa shape index (κ1) is 33.3. The number of nitrogens with zero attached hydrogens (tertiary/aromatic N) is 1. The Balaban J connectivity index is 2.49. The molecule has 0 saturated carbocycles. The van der Waals surface area contributed by atoms with Crippen LogP contribution < -0.4 is 10.6 Å². The number of hydrogen-bond donors (Lipinski definition) is 3. The minimum Gasteiger partial charge on any atom is -0.466 e. The van der Waals surface area contributed by atoms with Crippen LogP contribution in [0.3, 0.4) is 0 Å². The van der Waals surface area contributed by atoms with Crippen LogP contribution in [0.4, 0.5) is 4.79 Å². The Bertz CT molecular complexity index is 1160. The molecule has 0 aromatic heterocycles. The highest BCUT2D eigenvalue weighted by Gasteiger charge is 2.36. The lowest BCUT2D eigenvalue weighted by molar-refractivity contribution is -0.144. The van der Waals surface area contributed by atoms with Crippen molar-refractivity contribution in [1.29, 1.82) is 0 Å². The molecule has 0 saturated heterocycles. The van der Waals surface area contributed by atoms with Crippen molar-refractivity contribution in [3.63, 3.8) is 0 Å². The van der Waals surface area contributed by atoms with Gasteiger partial charge in [0.2, 0.25) is 11.8 Å². The predicted octanol–water partition coefficient (Wildman–Crippen LogP) is 3.37. The smallest absolute Gasteiger partial charge is 0.408 e. The van der Waals surface area contributed by atoms with Gasteiger partial charge in [0.25, 0.3) is 0 Å². The number of rotatable bonds is 13. The van der Waals surface area contributed by atoms with Crippen LogP contribution in [0.2, 0.25) is 0 Å². The van der Waals surface area contributed by atoms with E-state index in [2.05, 4.69) is 10.6 Å². The van der Waals surface area contributed by atoms with Crippen LogP contribution in [0.1, 0.15) is 62.4 Å². The topological polar surface area (TPSA) is 134 Å². The lowest BCUT2D eigenvalue weighted by atomic mass is 9.97. The first-order valence-electron chi connectivity index (χ1n) is 13.8. The number of aliphatic hydroxyl groups is 1. The maximum absolute atomic E-state index is 14.2. The molecule has 3 amide bonds. The van der Waals surface area contributed by atoms with Gasteiger partial charge in [0.1, 0.15) is 17.7 Å². The fourth-order valence-corrected chi connectivity index (χ4v) is 4.43. The Morgan fingerprint density at radius 3 is 2.20 bits per heavy atom. The van der Waals surface area contributed by atoms with Crippen LogP contribution >= 0.6 is 0 Å². The van der Waals surface area contributed by atoms with Crippen molar-refractivity contribution in [2.24, 2.45) is 0 Å². The lowest BCUT2D eigenvalue weighted by Gasteiger charge is -2.34. The number of aryl methyl sites for hydroxylation is 2. The molecule has 10 heteroatoms. The number of esters is 1. The molecule has 0 bridgehead atoms. The van der Waals surface area contributed by atoms with Crippen LogP contribution in [0.25, 0.3) is 0 Å².